The van der Waals surface area contributed by atoms with Crippen molar-refractivity contribution in [3.05, 3.63) is 29.8 Å². The van der Waals surface area contributed by atoms with E-state index in [0.29, 0.717) is 5.56 Å². The number of nitrogens with zero attached hydrogens (tertiary/aromatic N) is 1. The van der Waals surface area contributed by atoms with Crippen molar-refractivity contribution in [1.82, 2.24) is 4.90 Å². The third kappa shape index (κ3) is 2.49. The Morgan fingerprint density at radius 2 is 2.23 bits per heavy atom. The molecule has 0 heterocycles. The maximum absolute atomic E-state index is 11.6. The lowest BCUT2D eigenvalue weighted by molar-refractivity contribution is 0.0802. The third-order valence-corrected chi connectivity index (χ3v) is 2.19. The minimum atomic E-state index is 0.0402. The van der Waals surface area contributed by atoms with Crippen LogP contribution in [0.3, 0.4) is 0 Å². The molecular formula is C10H13NOS. The van der Waals surface area contributed by atoms with E-state index in [1.54, 1.807) is 24.1 Å². The normalized spacial score (nSPS) is 9.77. The molecule has 0 spiro atoms. The van der Waals surface area contributed by atoms with Crippen LogP contribution in [0.2, 0.25) is 0 Å². The molecular weight excluding hydrogens is 182 g/mol. The molecule has 0 saturated carbocycles. The molecule has 0 aliphatic carbocycles. The van der Waals surface area contributed by atoms with Crippen LogP contribution in [-0.4, -0.2) is 24.4 Å². The largest absolute Gasteiger partial charge is 0.342 e. The molecule has 2 nitrogen and oxygen atoms in total. The lowest BCUT2D eigenvalue weighted by atomic mass is 10.2. The Kier molecular flexibility index (Phi) is 3.37. The molecule has 3 heteroatoms. The van der Waals surface area contributed by atoms with Gasteiger partial charge in [0.2, 0.25) is 0 Å². The fourth-order valence-corrected chi connectivity index (χ4v) is 1.23. The topological polar surface area (TPSA) is 20.3 Å². The number of thiol groups is 1. The molecule has 70 valence electrons. The Morgan fingerprint density at radius 1 is 1.54 bits per heavy atom. The maximum Gasteiger partial charge on any atom is 0.253 e. The first-order chi connectivity index (χ1) is 6.15. The first-order valence-corrected chi connectivity index (χ1v) is 4.64. The van der Waals surface area contributed by atoms with Gasteiger partial charge in [-0.1, -0.05) is 6.07 Å². The first-order valence-electron chi connectivity index (χ1n) is 4.19. The van der Waals surface area contributed by atoms with Gasteiger partial charge in [-0.05, 0) is 25.1 Å². The summed E-state index contributed by atoms with van der Waals surface area (Å²) in [5, 5.41) is 0. The van der Waals surface area contributed by atoms with Crippen molar-refractivity contribution in [3.8, 4) is 0 Å². The molecule has 0 radical (unpaired) electrons. The highest BCUT2D eigenvalue weighted by atomic mass is 32.1. The van der Waals surface area contributed by atoms with E-state index in [9.17, 15) is 4.79 Å². The highest BCUT2D eigenvalue weighted by Crippen LogP contribution is 2.10. The first kappa shape index (κ1) is 10.1. The lowest BCUT2D eigenvalue weighted by Gasteiger charge is -2.14. The Morgan fingerprint density at radius 3 is 2.77 bits per heavy atom. The monoisotopic (exact) mass is 195 g/mol. The second-order valence-corrected chi connectivity index (χ2v) is 3.39. The van der Waals surface area contributed by atoms with E-state index in [2.05, 4.69) is 12.6 Å². The Bertz CT molecular complexity index is 312. The standard InChI is InChI=1S/C10H13NOS/c1-3-11(2)10(12)8-5-4-6-9(13)7-8/h4-7,13H,3H2,1-2H3. The Balaban J connectivity index is 2.89. The zero-order valence-corrected chi connectivity index (χ0v) is 8.71. The number of amides is 1. The molecule has 0 aliphatic heterocycles. The molecule has 1 aromatic carbocycles. The summed E-state index contributed by atoms with van der Waals surface area (Å²) in [6, 6.07) is 7.26. The molecule has 1 aromatic rings. The van der Waals surface area contributed by atoms with Crippen molar-refractivity contribution < 1.29 is 4.79 Å². The van der Waals surface area contributed by atoms with Crippen LogP contribution in [0.1, 0.15) is 17.3 Å². The van der Waals surface area contributed by atoms with E-state index in [1.807, 2.05) is 19.1 Å². The van der Waals surface area contributed by atoms with E-state index < -0.39 is 0 Å². The van der Waals surface area contributed by atoms with Gasteiger partial charge in [0.15, 0.2) is 0 Å². The molecule has 0 N–H and O–H groups in total. The Labute approximate surface area is 84.0 Å². The average Bonchev–Trinajstić information content (AvgIpc) is 2.15. The zero-order chi connectivity index (χ0) is 9.84. The quantitative estimate of drug-likeness (QED) is 0.716. The van der Waals surface area contributed by atoms with E-state index in [4.69, 9.17) is 0 Å². The number of benzene rings is 1. The summed E-state index contributed by atoms with van der Waals surface area (Å²) in [7, 11) is 1.79. The van der Waals surface area contributed by atoms with Crippen molar-refractivity contribution >= 4 is 18.5 Å². The minimum absolute atomic E-state index is 0.0402. The van der Waals surface area contributed by atoms with E-state index in [0.717, 1.165) is 11.4 Å². The number of carbonyl (C=O) groups excluding carboxylic acids is 1. The molecule has 1 amide bonds. The summed E-state index contributed by atoms with van der Waals surface area (Å²) in [4.78, 5) is 14.1. The Hall–Kier alpha value is -0.960. The number of hydrogen-bond acceptors (Lipinski definition) is 2. The van der Waals surface area contributed by atoms with Crippen molar-refractivity contribution in [2.75, 3.05) is 13.6 Å². The van der Waals surface area contributed by atoms with Crippen LogP contribution in [-0.2, 0) is 0 Å². The highest BCUT2D eigenvalue weighted by molar-refractivity contribution is 7.80. The van der Waals surface area contributed by atoms with E-state index in [1.165, 1.54) is 0 Å². The number of hydrogen-bond donors (Lipinski definition) is 1. The minimum Gasteiger partial charge on any atom is -0.342 e. The fourth-order valence-electron chi connectivity index (χ4n) is 1.00. The van der Waals surface area contributed by atoms with Crippen LogP contribution in [0.5, 0.6) is 0 Å². The summed E-state index contributed by atoms with van der Waals surface area (Å²) in [6.45, 7) is 2.66. The predicted molar refractivity (Wildman–Crippen MR) is 56.3 cm³/mol. The van der Waals surface area contributed by atoms with Crippen LogP contribution >= 0.6 is 12.6 Å². The van der Waals surface area contributed by atoms with E-state index in [-0.39, 0.29) is 5.91 Å². The van der Waals surface area contributed by atoms with Crippen LogP contribution < -0.4 is 0 Å². The molecule has 0 atom stereocenters. The van der Waals surface area contributed by atoms with Crippen molar-refractivity contribution in [1.29, 1.82) is 0 Å². The van der Waals surface area contributed by atoms with E-state index >= 15 is 0 Å². The van der Waals surface area contributed by atoms with Crippen LogP contribution in [0, 0.1) is 0 Å². The van der Waals surface area contributed by atoms with Crippen LogP contribution in [0.25, 0.3) is 0 Å². The van der Waals surface area contributed by atoms with Gasteiger partial charge in [0.05, 0.1) is 0 Å². The molecule has 0 unspecified atom stereocenters. The molecule has 0 aliphatic rings. The maximum atomic E-state index is 11.6. The molecule has 13 heavy (non-hydrogen) atoms. The second kappa shape index (κ2) is 4.33. The molecule has 0 bridgehead atoms. The highest BCUT2D eigenvalue weighted by Gasteiger charge is 2.08. The second-order valence-electron chi connectivity index (χ2n) is 2.87. The van der Waals surface area contributed by atoms with Crippen LogP contribution in [0.4, 0.5) is 0 Å². The van der Waals surface area contributed by atoms with Gasteiger partial charge < -0.3 is 4.90 Å². The lowest BCUT2D eigenvalue weighted by Crippen LogP contribution is -2.26. The molecule has 0 aromatic heterocycles. The fraction of sp³-hybridized carbons (Fsp3) is 0.300. The van der Waals surface area contributed by atoms with Gasteiger partial charge >= 0.3 is 0 Å². The summed E-state index contributed by atoms with van der Waals surface area (Å²) < 4.78 is 0. The SMILES string of the molecule is CCN(C)C(=O)c1cccc(S)c1. The zero-order valence-electron chi connectivity index (χ0n) is 7.82. The predicted octanol–water partition coefficient (Wildman–Crippen LogP) is 2.07. The van der Waals surface area contributed by atoms with Crippen LogP contribution in [0.15, 0.2) is 29.2 Å². The summed E-state index contributed by atoms with van der Waals surface area (Å²) in [5.74, 6) is 0.0402. The summed E-state index contributed by atoms with van der Waals surface area (Å²) >= 11 is 4.18. The number of carbonyl (C=O) groups is 1. The third-order valence-electron chi connectivity index (χ3n) is 1.91. The molecule has 0 fully saturated rings. The van der Waals surface area contributed by atoms with Gasteiger partial charge in [-0.2, -0.15) is 0 Å². The van der Waals surface area contributed by atoms with Gasteiger partial charge in [-0.15, -0.1) is 12.6 Å². The molecule has 0 saturated heterocycles. The molecule has 1 rings (SSSR count). The van der Waals surface area contributed by atoms with Crippen molar-refractivity contribution in [2.24, 2.45) is 0 Å². The van der Waals surface area contributed by atoms with Crippen molar-refractivity contribution in [3.63, 3.8) is 0 Å². The van der Waals surface area contributed by atoms with Gasteiger partial charge in [0, 0.05) is 24.1 Å². The van der Waals surface area contributed by atoms with Gasteiger partial charge in [0.25, 0.3) is 5.91 Å². The smallest absolute Gasteiger partial charge is 0.253 e. The summed E-state index contributed by atoms with van der Waals surface area (Å²) in [6.07, 6.45) is 0. The number of rotatable bonds is 2. The van der Waals surface area contributed by atoms with Gasteiger partial charge in [0.1, 0.15) is 0 Å². The van der Waals surface area contributed by atoms with Crippen molar-refractivity contribution in [2.45, 2.75) is 11.8 Å². The van der Waals surface area contributed by atoms with Gasteiger partial charge in [-0.25, -0.2) is 0 Å². The average molecular weight is 195 g/mol. The van der Waals surface area contributed by atoms with Gasteiger partial charge in [-0.3, -0.25) is 4.79 Å². The summed E-state index contributed by atoms with van der Waals surface area (Å²) in [5.41, 5.74) is 0.692.